The highest BCUT2D eigenvalue weighted by molar-refractivity contribution is 5.73. The molecule has 0 radical (unpaired) electrons. The Morgan fingerprint density at radius 2 is 1.62 bits per heavy atom. The van der Waals surface area contributed by atoms with Crippen molar-refractivity contribution < 1.29 is 60.4 Å². The van der Waals surface area contributed by atoms with Gasteiger partial charge in [-0.2, -0.15) is 26.3 Å². The van der Waals surface area contributed by atoms with E-state index in [9.17, 15) is 26.3 Å². The van der Waals surface area contributed by atoms with E-state index in [-0.39, 0.29) is 5.60 Å². The minimum atomic E-state index is -5.08. The number of likely N-dealkylation sites (tertiary alicyclic amines) is 1. The number of carboxylic acids is 2. The summed E-state index contributed by atoms with van der Waals surface area (Å²) in [5, 5.41) is 14.2. The lowest BCUT2D eigenvalue weighted by Gasteiger charge is -2.50. The van der Waals surface area contributed by atoms with E-state index in [1.54, 1.807) is 0 Å². The van der Waals surface area contributed by atoms with E-state index in [0.717, 1.165) is 71.9 Å². The van der Waals surface area contributed by atoms with E-state index < -0.39 is 24.3 Å². The molecule has 0 saturated carbocycles. The molecule has 15 heteroatoms. The zero-order valence-corrected chi connectivity index (χ0v) is 21.0. The average molecular weight is 575 g/mol. The molecule has 0 aliphatic carbocycles. The van der Waals surface area contributed by atoms with Gasteiger partial charge in [-0.1, -0.05) is 6.07 Å². The molecule has 0 amide bonds. The summed E-state index contributed by atoms with van der Waals surface area (Å²) in [6.45, 7) is 7.56. The molecular weight excluding hydrogens is 542 g/mol. The Morgan fingerprint density at radius 1 is 1.03 bits per heavy atom. The summed E-state index contributed by atoms with van der Waals surface area (Å²) in [4.78, 5) is 24.5. The number of nitrogens with zero attached hydrogens (tertiary/aromatic N) is 2. The summed E-state index contributed by atoms with van der Waals surface area (Å²) in [5.41, 5.74) is 1.37. The lowest BCUT2D eigenvalue weighted by atomic mass is 9.79. The van der Waals surface area contributed by atoms with Gasteiger partial charge in [0.05, 0.1) is 5.60 Å². The number of pyridine rings is 1. The van der Waals surface area contributed by atoms with E-state index in [1.165, 1.54) is 12.0 Å². The van der Waals surface area contributed by atoms with Crippen LogP contribution in [0.2, 0.25) is 0 Å². The van der Waals surface area contributed by atoms with E-state index in [2.05, 4.69) is 16.0 Å². The van der Waals surface area contributed by atoms with Crippen molar-refractivity contribution >= 4 is 11.9 Å². The van der Waals surface area contributed by atoms with Gasteiger partial charge in [0.15, 0.2) is 0 Å². The summed E-state index contributed by atoms with van der Waals surface area (Å²) in [6.07, 6.45) is -1.76. The fourth-order valence-corrected chi connectivity index (χ4v) is 4.50. The van der Waals surface area contributed by atoms with Crippen molar-refractivity contribution in [3.8, 4) is 0 Å². The van der Waals surface area contributed by atoms with Gasteiger partial charge in [-0.3, -0.25) is 9.88 Å². The number of carbonyl (C=O) groups is 2. The first-order valence-electron chi connectivity index (χ1n) is 12.2. The van der Waals surface area contributed by atoms with Crippen LogP contribution in [0.5, 0.6) is 0 Å². The topological polar surface area (TPSA) is 118 Å². The number of ether oxygens (including phenoxy) is 3. The fourth-order valence-electron chi connectivity index (χ4n) is 4.50. The van der Waals surface area contributed by atoms with E-state index in [1.807, 2.05) is 18.5 Å². The zero-order chi connectivity index (χ0) is 29.1. The maximum atomic E-state index is 10.6. The highest BCUT2D eigenvalue weighted by Crippen LogP contribution is 2.42. The van der Waals surface area contributed by atoms with Gasteiger partial charge >= 0.3 is 24.3 Å². The van der Waals surface area contributed by atoms with Gasteiger partial charge in [0.1, 0.15) is 0 Å². The van der Waals surface area contributed by atoms with Gasteiger partial charge in [-0.05, 0) is 49.1 Å². The maximum absolute atomic E-state index is 10.6. The van der Waals surface area contributed by atoms with Crippen molar-refractivity contribution in [1.82, 2.24) is 9.88 Å². The number of halogens is 6. The summed E-state index contributed by atoms with van der Waals surface area (Å²) in [6, 6.07) is 4.16. The van der Waals surface area contributed by atoms with Crippen molar-refractivity contribution in [2.45, 2.75) is 50.2 Å². The molecule has 1 aromatic rings. The average Bonchev–Trinajstić information content (AvgIpc) is 3.26. The fraction of sp³-hybridized carbons (Fsp3) is 0.708. The zero-order valence-electron chi connectivity index (χ0n) is 21.0. The molecule has 4 heterocycles. The van der Waals surface area contributed by atoms with Gasteiger partial charge in [0, 0.05) is 65.1 Å². The molecular formula is C24H32F6N2O7. The second-order valence-electron chi connectivity index (χ2n) is 9.43. The highest BCUT2D eigenvalue weighted by atomic mass is 19.4. The first-order chi connectivity index (χ1) is 18.2. The van der Waals surface area contributed by atoms with Crippen LogP contribution in [0.4, 0.5) is 26.3 Å². The van der Waals surface area contributed by atoms with Crippen LogP contribution in [-0.4, -0.2) is 96.1 Å². The largest absolute Gasteiger partial charge is 0.490 e. The number of aliphatic carboxylic acids is 2. The minimum Gasteiger partial charge on any atom is -0.475 e. The Bertz CT molecular complexity index is 865. The molecule has 2 N–H and O–H groups in total. The molecule has 39 heavy (non-hydrogen) atoms. The molecule has 222 valence electrons. The van der Waals surface area contributed by atoms with Crippen molar-refractivity contribution in [2.24, 2.45) is 11.8 Å². The quantitative estimate of drug-likeness (QED) is 0.371. The lowest BCUT2D eigenvalue weighted by molar-refractivity contribution is -0.193. The summed E-state index contributed by atoms with van der Waals surface area (Å²) in [7, 11) is 0. The minimum absolute atomic E-state index is 0.0875. The molecule has 0 aromatic carbocycles. The molecule has 1 spiro atoms. The number of hydrogen-bond donors (Lipinski definition) is 2. The van der Waals surface area contributed by atoms with Crippen LogP contribution < -0.4 is 0 Å². The number of rotatable bonds is 7. The van der Waals surface area contributed by atoms with Crippen LogP contribution in [-0.2, 0) is 30.3 Å². The van der Waals surface area contributed by atoms with Gasteiger partial charge in [0.25, 0.3) is 0 Å². The predicted octanol–water partition coefficient (Wildman–Crippen LogP) is 3.77. The predicted molar refractivity (Wildman–Crippen MR) is 123 cm³/mol. The van der Waals surface area contributed by atoms with Crippen LogP contribution in [0.15, 0.2) is 24.5 Å². The Labute approximate surface area is 221 Å². The lowest BCUT2D eigenvalue weighted by Crippen LogP contribution is -2.64. The van der Waals surface area contributed by atoms with Crippen LogP contribution >= 0.6 is 0 Å². The Morgan fingerprint density at radius 3 is 2.13 bits per heavy atom. The third-order valence-electron chi connectivity index (χ3n) is 6.50. The molecule has 3 saturated heterocycles. The molecule has 3 aliphatic heterocycles. The van der Waals surface area contributed by atoms with Crippen molar-refractivity contribution in [3.05, 3.63) is 30.1 Å². The molecule has 1 atom stereocenters. The van der Waals surface area contributed by atoms with Crippen LogP contribution in [0.3, 0.4) is 0 Å². The summed E-state index contributed by atoms with van der Waals surface area (Å²) in [5.74, 6) is -4.17. The van der Waals surface area contributed by atoms with Crippen molar-refractivity contribution in [3.63, 3.8) is 0 Å². The molecule has 3 fully saturated rings. The van der Waals surface area contributed by atoms with Gasteiger partial charge in [-0.25, -0.2) is 9.59 Å². The van der Waals surface area contributed by atoms with Crippen LogP contribution in [0.25, 0.3) is 0 Å². The van der Waals surface area contributed by atoms with E-state index >= 15 is 0 Å². The molecule has 3 aliphatic rings. The SMILES string of the molecule is O=C(O)C(F)(F)F.O=C(O)C(F)(F)F.c1cncc(CN2CC3(C2)OCCC3CCOCC2CCOCC2)c1. The second kappa shape index (κ2) is 14.8. The second-order valence-corrected chi connectivity index (χ2v) is 9.43. The molecule has 9 nitrogen and oxygen atoms in total. The monoisotopic (exact) mass is 574 g/mol. The number of carboxylic acid groups (broad SMARTS) is 2. The number of aromatic nitrogens is 1. The normalized spacial score (nSPS) is 21.2. The third-order valence-corrected chi connectivity index (χ3v) is 6.50. The summed E-state index contributed by atoms with van der Waals surface area (Å²) < 4.78 is 81.0. The Hall–Kier alpha value is -2.49. The van der Waals surface area contributed by atoms with Crippen LogP contribution in [0, 0.1) is 11.8 Å². The number of hydrogen-bond acceptors (Lipinski definition) is 7. The first-order valence-corrected chi connectivity index (χ1v) is 12.2. The maximum Gasteiger partial charge on any atom is 0.490 e. The van der Waals surface area contributed by atoms with Gasteiger partial charge < -0.3 is 24.4 Å². The summed E-state index contributed by atoms with van der Waals surface area (Å²) >= 11 is 0. The molecule has 1 unspecified atom stereocenters. The van der Waals surface area contributed by atoms with E-state index in [4.69, 9.17) is 34.0 Å². The van der Waals surface area contributed by atoms with Crippen molar-refractivity contribution in [2.75, 3.05) is 46.1 Å². The van der Waals surface area contributed by atoms with Crippen LogP contribution in [0.1, 0.15) is 31.2 Å². The van der Waals surface area contributed by atoms with Crippen molar-refractivity contribution in [1.29, 1.82) is 0 Å². The van der Waals surface area contributed by atoms with Gasteiger partial charge in [0.2, 0.25) is 0 Å². The molecule has 1 aromatic heterocycles. The van der Waals surface area contributed by atoms with Gasteiger partial charge in [-0.15, -0.1) is 0 Å². The smallest absolute Gasteiger partial charge is 0.475 e. The van der Waals surface area contributed by atoms with E-state index in [0.29, 0.717) is 11.8 Å². The highest BCUT2D eigenvalue weighted by Gasteiger charge is 2.52. The Balaban J connectivity index is 0.000000317. The molecule has 4 rings (SSSR count). The third kappa shape index (κ3) is 11.3. The molecule has 0 bridgehead atoms. The first kappa shape index (κ1) is 32.7. The Kier molecular flexibility index (Phi) is 12.4. The number of alkyl halides is 6. The standard InChI is InChI=1S/C20H30N2O3.2C2HF3O2/c1-2-18(12-21-7-1)13-22-15-20(16-22)19(6-11-25-20)5-10-24-14-17-3-8-23-9-4-17;2*3-2(4,5)1(6)7/h1-2,7,12,17,19H,3-6,8-11,13-16H2;2*(H,6,7).